The first-order chi connectivity index (χ1) is 7.25. The molecule has 0 aliphatic rings. The fourth-order valence-electron chi connectivity index (χ4n) is 1.09. The molecule has 4 heteroatoms. The number of halogens is 2. The van der Waals surface area contributed by atoms with Gasteiger partial charge in [-0.25, -0.2) is 0 Å². The molecule has 0 N–H and O–H groups in total. The molecule has 2 rings (SSSR count). The maximum absolute atomic E-state index is 5.95. The molecule has 1 aromatic heterocycles. The van der Waals surface area contributed by atoms with Gasteiger partial charge in [0.25, 0.3) is 0 Å². The van der Waals surface area contributed by atoms with Crippen LogP contribution in [0.3, 0.4) is 0 Å². The highest BCUT2D eigenvalue weighted by Crippen LogP contribution is 2.31. The molecular weight excluding hydrogens is 233 g/mol. The van der Waals surface area contributed by atoms with Crippen LogP contribution < -0.4 is 4.74 Å². The highest BCUT2D eigenvalue weighted by Gasteiger charge is 2.03. The van der Waals surface area contributed by atoms with Crippen LogP contribution >= 0.6 is 23.2 Å². The first-order valence-electron chi connectivity index (χ1n) is 4.28. The number of benzene rings is 1. The van der Waals surface area contributed by atoms with Crippen molar-refractivity contribution in [2.45, 2.75) is 0 Å². The highest BCUT2D eigenvalue weighted by atomic mass is 35.5. The fourth-order valence-corrected chi connectivity index (χ4v) is 1.41. The zero-order valence-electron chi connectivity index (χ0n) is 7.65. The normalized spacial score (nSPS) is 10.0. The molecule has 15 heavy (non-hydrogen) atoms. The van der Waals surface area contributed by atoms with Crippen LogP contribution in [0.4, 0.5) is 0 Å². The van der Waals surface area contributed by atoms with E-state index in [2.05, 4.69) is 4.98 Å². The molecule has 1 heterocycles. The van der Waals surface area contributed by atoms with Crippen molar-refractivity contribution in [1.29, 1.82) is 0 Å². The summed E-state index contributed by atoms with van der Waals surface area (Å²) in [4.78, 5) is 3.89. The summed E-state index contributed by atoms with van der Waals surface area (Å²) >= 11 is 11.8. The first-order valence-corrected chi connectivity index (χ1v) is 5.04. The largest absolute Gasteiger partial charge is 0.456 e. The molecule has 0 atom stereocenters. The Morgan fingerprint density at radius 2 is 1.73 bits per heavy atom. The van der Waals surface area contributed by atoms with Crippen molar-refractivity contribution in [2.75, 3.05) is 0 Å². The number of ether oxygens (including phenoxy) is 1. The van der Waals surface area contributed by atoms with Gasteiger partial charge in [-0.2, -0.15) is 0 Å². The van der Waals surface area contributed by atoms with Gasteiger partial charge in [-0.15, -0.1) is 0 Å². The van der Waals surface area contributed by atoms with Gasteiger partial charge < -0.3 is 4.74 Å². The van der Waals surface area contributed by atoms with Crippen LogP contribution in [0.25, 0.3) is 0 Å². The van der Waals surface area contributed by atoms with Gasteiger partial charge in [0, 0.05) is 23.5 Å². The van der Waals surface area contributed by atoms with Crippen LogP contribution in [0.15, 0.2) is 42.7 Å². The van der Waals surface area contributed by atoms with E-state index in [4.69, 9.17) is 27.9 Å². The summed E-state index contributed by atoms with van der Waals surface area (Å²) in [6.45, 7) is 0. The molecule has 0 unspecified atom stereocenters. The van der Waals surface area contributed by atoms with E-state index in [0.717, 1.165) is 0 Å². The molecule has 0 fully saturated rings. The molecule has 76 valence electrons. The fraction of sp³-hybridized carbons (Fsp3) is 0. The van der Waals surface area contributed by atoms with E-state index >= 15 is 0 Å². The molecular formula is C11H7Cl2NO. The third-order valence-corrected chi connectivity index (χ3v) is 2.32. The quantitative estimate of drug-likeness (QED) is 0.785. The standard InChI is InChI=1S/C11H7Cl2NO/c12-8-1-2-10(13)11(7-8)15-9-3-5-14-6-4-9/h1-7H. The monoisotopic (exact) mass is 239 g/mol. The third-order valence-electron chi connectivity index (χ3n) is 1.77. The number of pyridine rings is 1. The Bertz CT molecular complexity index is 459. The Morgan fingerprint density at radius 3 is 2.47 bits per heavy atom. The van der Waals surface area contributed by atoms with Crippen molar-refractivity contribution < 1.29 is 4.74 Å². The lowest BCUT2D eigenvalue weighted by molar-refractivity contribution is 0.482. The van der Waals surface area contributed by atoms with Gasteiger partial charge >= 0.3 is 0 Å². The van der Waals surface area contributed by atoms with E-state index < -0.39 is 0 Å². The molecule has 0 spiro atoms. The zero-order valence-corrected chi connectivity index (χ0v) is 9.16. The summed E-state index contributed by atoms with van der Waals surface area (Å²) in [6, 6.07) is 8.57. The van der Waals surface area contributed by atoms with Gasteiger partial charge in [0.2, 0.25) is 0 Å². The Morgan fingerprint density at radius 1 is 1.00 bits per heavy atom. The molecule has 2 aromatic rings. The maximum Gasteiger partial charge on any atom is 0.147 e. The summed E-state index contributed by atoms with van der Waals surface area (Å²) in [5, 5.41) is 1.11. The van der Waals surface area contributed by atoms with Crippen LogP contribution in [0, 0.1) is 0 Å². The summed E-state index contributed by atoms with van der Waals surface area (Å²) in [5.41, 5.74) is 0. The third kappa shape index (κ3) is 2.61. The predicted molar refractivity (Wildman–Crippen MR) is 60.8 cm³/mol. The van der Waals surface area contributed by atoms with Gasteiger partial charge in [-0.3, -0.25) is 4.98 Å². The molecule has 0 radical (unpaired) electrons. The SMILES string of the molecule is Clc1ccc(Cl)c(Oc2ccncc2)c1. The van der Waals surface area contributed by atoms with E-state index in [1.807, 2.05) is 0 Å². The van der Waals surface area contributed by atoms with Crippen LogP contribution in [0.5, 0.6) is 11.5 Å². The minimum absolute atomic E-state index is 0.524. The Labute approximate surface area is 97.4 Å². The molecule has 0 aliphatic carbocycles. The van der Waals surface area contributed by atoms with Gasteiger partial charge in [-0.1, -0.05) is 23.2 Å². The molecule has 0 bridgehead atoms. The predicted octanol–water partition coefficient (Wildman–Crippen LogP) is 4.18. The van der Waals surface area contributed by atoms with E-state index in [1.54, 1.807) is 42.7 Å². The molecule has 2 nitrogen and oxygen atoms in total. The first kappa shape index (κ1) is 10.3. The van der Waals surface area contributed by atoms with Gasteiger partial charge in [0.05, 0.1) is 5.02 Å². The van der Waals surface area contributed by atoms with Gasteiger partial charge in [0.1, 0.15) is 11.5 Å². The number of hydrogen-bond acceptors (Lipinski definition) is 2. The second kappa shape index (κ2) is 4.51. The minimum Gasteiger partial charge on any atom is -0.456 e. The van der Waals surface area contributed by atoms with Crippen LogP contribution in [-0.2, 0) is 0 Å². The van der Waals surface area contributed by atoms with Crippen molar-refractivity contribution >= 4 is 23.2 Å². The molecule has 0 aliphatic heterocycles. The number of hydrogen-bond donors (Lipinski definition) is 0. The maximum atomic E-state index is 5.95. The lowest BCUT2D eigenvalue weighted by atomic mass is 10.3. The minimum atomic E-state index is 0.524. The average molecular weight is 240 g/mol. The van der Waals surface area contributed by atoms with Gasteiger partial charge in [-0.05, 0) is 24.3 Å². The number of aromatic nitrogens is 1. The summed E-state index contributed by atoms with van der Waals surface area (Å²) in [5.74, 6) is 1.21. The Kier molecular flexibility index (Phi) is 3.09. The van der Waals surface area contributed by atoms with Crippen molar-refractivity contribution in [1.82, 2.24) is 4.98 Å². The van der Waals surface area contributed by atoms with E-state index in [0.29, 0.717) is 21.5 Å². The summed E-state index contributed by atoms with van der Waals surface area (Å²) in [7, 11) is 0. The van der Waals surface area contributed by atoms with Crippen molar-refractivity contribution in [3.05, 3.63) is 52.8 Å². The van der Waals surface area contributed by atoms with E-state index in [-0.39, 0.29) is 0 Å². The van der Waals surface area contributed by atoms with Crippen molar-refractivity contribution in [3.8, 4) is 11.5 Å². The van der Waals surface area contributed by atoms with Crippen molar-refractivity contribution in [3.63, 3.8) is 0 Å². The smallest absolute Gasteiger partial charge is 0.147 e. The summed E-state index contributed by atoms with van der Waals surface area (Å²) in [6.07, 6.45) is 3.29. The second-order valence-electron chi connectivity index (χ2n) is 2.86. The van der Waals surface area contributed by atoms with Crippen molar-refractivity contribution in [2.24, 2.45) is 0 Å². The lowest BCUT2D eigenvalue weighted by Crippen LogP contribution is -1.85. The Balaban J connectivity index is 2.28. The molecule has 0 saturated carbocycles. The van der Waals surface area contributed by atoms with Crippen LogP contribution in [0.2, 0.25) is 10.0 Å². The van der Waals surface area contributed by atoms with E-state index in [9.17, 15) is 0 Å². The lowest BCUT2D eigenvalue weighted by Gasteiger charge is -2.06. The highest BCUT2D eigenvalue weighted by molar-refractivity contribution is 6.34. The topological polar surface area (TPSA) is 22.1 Å². The zero-order chi connectivity index (χ0) is 10.7. The van der Waals surface area contributed by atoms with Crippen LogP contribution in [0.1, 0.15) is 0 Å². The number of rotatable bonds is 2. The Hall–Kier alpha value is -1.25. The second-order valence-corrected chi connectivity index (χ2v) is 3.70. The molecule has 1 aromatic carbocycles. The van der Waals surface area contributed by atoms with Crippen LogP contribution in [-0.4, -0.2) is 4.98 Å². The number of nitrogens with zero attached hydrogens (tertiary/aromatic N) is 1. The summed E-state index contributed by atoms with van der Waals surface area (Å²) < 4.78 is 5.53. The van der Waals surface area contributed by atoms with Gasteiger partial charge in [0.15, 0.2) is 0 Å². The average Bonchev–Trinajstić information content (AvgIpc) is 2.25. The molecule has 0 saturated heterocycles. The molecule has 0 amide bonds. The van der Waals surface area contributed by atoms with E-state index in [1.165, 1.54) is 0 Å².